The summed E-state index contributed by atoms with van der Waals surface area (Å²) in [6.45, 7) is 0. The number of aromatic nitrogens is 1. The van der Waals surface area contributed by atoms with Crippen LogP contribution in [0.1, 0.15) is 10.6 Å². The lowest BCUT2D eigenvalue weighted by Gasteiger charge is -2.13. The molecule has 7 heteroatoms. The van der Waals surface area contributed by atoms with E-state index in [1.807, 2.05) is 29.6 Å². The predicted molar refractivity (Wildman–Crippen MR) is 114 cm³/mol. The minimum atomic E-state index is 0.448. The van der Waals surface area contributed by atoms with Crippen LogP contribution in [0, 0.1) is 11.3 Å². The van der Waals surface area contributed by atoms with Gasteiger partial charge in [0.1, 0.15) is 16.8 Å². The molecule has 0 saturated heterocycles. The monoisotopic (exact) mass is 408 g/mol. The lowest BCUT2D eigenvalue weighted by Crippen LogP contribution is -1.95. The third kappa shape index (κ3) is 4.33. The smallest absolute Gasteiger partial charge is 0.203 e. The molecule has 0 unspecified atom stereocenters. The van der Waals surface area contributed by atoms with Crippen LogP contribution in [0.25, 0.3) is 22.9 Å². The van der Waals surface area contributed by atoms with Crippen molar-refractivity contribution in [2.24, 2.45) is 0 Å². The van der Waals surface area contributed by atoms with Gasteiger partial charge in [-0.2, -0.15) is 5.26 Å². The van der Waals surface area contributed by atoms with Crippen LogP contribution in [0.3, 0.4) is 0 Å². The van der Waals surface area contributed by atoms with E-state index in [2.05, 4.69) is 11.1 Å². The van der Waals surface area contributed by atoms with E-state index in [0.717, 1.165) is 22.6 Å². The van der Waals surface area contributed by atoms with E-state index in [0.29, 0.717) is 27.8 Å². The average molecular weight is 408 g/mol. The maximum Gasteiger partial charge on any atom is 0.203 e. The Morgan fingerprint density at radius 2 is 1.62 bits per heavy atom. The summed E-state index contributed by atoms with van der Waals surface area (Å²) in [6.07, 6.45) is 1.75. The maximum atomic E-state index is 9.69. The van der Waals surface area contributed by atoms with Crippen molar-refractivity contribution in [3.05, 3.63) is 52.3 Å². The van der Waals surface area contributed by atoms with E-state index < -0.39 is 0 Å². The van der Waals surface area contributed by atoms with Gasteiger partial charge in [0, 0.05) is 10.9 Å². The van der Waals surface area contributed by atoms with Crippen LogP contribution in [0.4, 0.5) is 0 Å². The van der Waals surface area contributed by atoms with Crippen molar-refractivity contribution < 1.29 is 18.9 Å². The summed E-state index contributed by atoms with van der Waals surface area (Å²) in [5, 5.41) is 12.2. The van der Waals surface area contributed by atoms with Gasteiger partial charge in [0.15, 0.2) is 11.5 Å². The number of ether oxygens (including phenoxy) is 4. The molecule has 0 saturated carbocycles. The number of nitrogens with zero attached hydrogens (tertiary/aromatic N) is 2. The first-order valence-electron chi connectivity index (χ1n) is 8.65. The molecule has 1 aromatic heterocycles. The normalized spacial score (nSPS) is 10.9. The molecule has 29 heavy (non-hydrogen) atoms. The molecular weight excluding hydrogens is 388 g/mol. The number of methoxy groups -OCH3 is 4. The quantitative estimate of drug-likeness (QED) is 0.517. The Hall–Kier alpha value is -3.50. The third-order valence-electron chi connectivity index (χ3n) is 4.24. The van der Waals surface area contributed by atoms with Crippen LogP contribution in [-0.4, -0.2) is 33.4 Å². The number of allylic oxidation sites excluding steroid dienone is 1. The Morgan fingerprint density at radius 3 is 2.14 bits per heavy atom. The van der Waals surface area contributed by atoms with E-state index in [9.17, 15) is 5.26 Å². The van der Waals surface area contributed by atoms with Crippen molar-refractivity contribution in [3.63, 3.8) is 0 Å². The van der Waals surface area contributed by atoms with Crippen LogP contribution in [0.2, 0.25) is 0 Å². The number of nitriles is 1. The molecule has 148 valence electrons. The van der Waals surface area contributed by atoms with Crippen molar-refractivity contribution in [2.45, 2.75) is 0 Å². The van der Waals surface area contributed by atoms with Gasteiger partial charge in [-0.1, -0.05) is 0 Å². The predicted octanol–water partition coefficient (Wildman–Crippen LogP) is 4.91. The Labute approximate surface area is 173 Å². The average Bonchev–Trinajstić information content (AvgIpc) is 3.26. The second-order valence-electron chi connectivity index (χ2n) is 5.89. The molecule has 0 aliphatic rings. The van der Waals surface area contributed by atoms with E-state index in [1.54, 1.807) is 46.6 Å². The van der Waals surface area contributed by atoms with Crippen molar-refractivity contribution in [1.29, 1.82) is 5.26 Å². The highest BCUT2D eigenvalue weighted by molar-refractivity contribution is 7.11. The third-order valence-corrected chi connectivity index (χ3v) is 5.11. The molecule has 2 aromatic carbocycles. The Morgan fingerprint density at radius 1 is 0.966 bits per heavy atom. The van der Waals surface area contributed by atoms with Gasteiger partial charge >= 0.3 is 0 Å². The van der Waals surface area contributed by atoms with E-state index in [-0.39, 0.29) is 0 Å². The molecule has 6 nitrogen and oxygen atoms in total. The van der Waals surface area contributed by atoms with E-state index in [1.165, 1.54) is 11.3 Å². The topological polar surface area (TPSA) is 73.6 Å². The fraction of sp³-hybridized carbons (Fsp3) is 0.182. The van der Waals surface area contributed by atoms with Gasteiger partial charge in [0.25, 0.3) is 0 Å². The van der Waals surface area contributed by atoms with Crippen molar-refractivity contribution >= 4 is 23.0 Å². The standard InChI is InChI=1S/C22H20N2O4S/c1-25-17-7-5-15(6-8-17)18-13-29-22(24-18)16(12-23)9-14-10-19(26-2)21(28-4)20(11-14)27-3/h5-11,13H,1-4H3. The molecule has 0 bridgehead atoms. The number of thiazole rings is 1. The second-order valence-corrected chi connectivity index (χ2v) is 6.75. The Balaban J connectivity index is 1.97. The summed E-state index contributed by atoms with van der Waals surface area (Å²) in [5.74, 6) is 2.33. The molecule has 0 atom stereocenters. The first-order chi connectivity index (χ1) is 14.1. The zero-order valence-electron chi connectivity index (χ0n) is 16.6. The molecule has 1 heterocycles. The van der Waals surface area contributed by atoms with Crippen molar-refractivity contribution in [3.8, 4) is 40.3 Å². The van der Waals surface area contributed by atoms with Crippen LogP contribution >= 0.6 is 11.3 Å². The Bertz CT molecular complexity index is 1040. The molecule has 0 aliphatic heterocycles. The first-order valence-corrected chi connectivity index (χ1v) is 9.53. The lowest BCUT2D eigenvalue weighted by atomic mass is 10.1. The summed E-state index contributed by atoms with van der Waals surface area (Å²) in [5.41, 5.74) is 2.96. The van der Waals surface area contributed by atoms with Gasteiger partial charge < -0.3 is 18.9 Å². The molecule has 0 amide bonds. The highest BCUT2D eigenvalue weighted by atomic mass is 32.1. The van der Waals surface area contributed by atoms with Crippen molar-refractivity contribution in [1.82, 2.24) is 4.98 Å². The highest BCUT2D eigenvalue weighted by Crippen LogP contribution is 2.39. The van der Waals surface area contributed by atoms with Crippen LogP contribution in [0.5, 0.6) is 23.0 Å². The largest absolute Gasteiger partial charge is 0.497 e. The molecule has 0 N–H and O–H groups in total. The van der Waals surface area contributed by atoms with E-state index in [4.69, 9.17) is 18.9 Å². The molecular formula is C22H20N2O4S. The molecule has 3 aromatic rings. The van der Waals surface area contributed by atoms with Crippen LogP contribution in [0.15, 0.2) is 41.8 Å². The summed E-state index contributed by atoms with van der Waals surface area (Å²) in [6, 6.07) is 13.4. The highest BCUT2D eigenvalue weighted by Gasteiger charge is 2.14. The Kier molecular flexibility index (Phi) is 6.37. The van der Waals surface area contributed by atoms with E-state index >= 15 is 0 Å². The SMILES string of the molecule is COc1ccc(-c2csc(C(C#N)=Cc3cc(OC)c(OC)c(OC)c3)n2)cc1. The molecule has 0 radical (unpaired) electrons. The minimum absolute atomic E-state index is 0.448. The van der Waals surface area contributed by atoms with Crippen LogP contribution < -0.4 is 18.9 Å². The summed E-state index contributed by atoms with van der Waals surface area (Å²) in [4.78, 5) is 4.62. The number of rotatable bonds is 7. The number of hydrogen-bond donors (Lipinski definition) is 0. The van der Waals surface area contributed by atoms with Gasteiger partial charge in [0.05, 0.1) is 39.7 Å². The van der Waals surface area contributed by atoms with Crippen LogP contribution in [-0.2, 0) is 0 Å². The van der Waals surface area contributed by atoms with Gasteiger partial charge in [-0.3, -0.25) is 0 Å². The number of hydrogen-bond acceptors (Lipinski definition) is 7. The molecule has 0 fully saturated rings. The maximum absolute atomic E-state index is 9.69. The van der Waals surface area contributed by atoms with Gasteiger partial charge in [-0.05, 0) is 48.0 Å². The number of benzene rings is 2. The van der Waals surface area contributed by atoms with Gasteiger partial charge in [-0.15, -0.1) is 11.3 Å². The van der Waals surface area contributed by atoms with Gasteiger partial charge in [-0.25, -0.2) is 4.98 Å². The van der Waals surface area contributed by atoms with Crippen molar-refractivity contribution in [2.75, 3.05) is 28.4 Å². The fourth-order valence-electron chi connectivity index (χ4n) is 2.79. The minimum Gasteiger partial charge on any atom is -0.497 e. The lowest BCUT2D eigenvalue weighted by molar-refractivity contribution is 0.324. The summed E-state index contributed by atoms with van der Waals surface area (Å²) < 4.78 is 21.3. The fourth-order valence-corrected chi connectivity index (χ4v) is 3.58. The zero-order chi connectivity index (χ0) is 20.8. The molecule has 0 spiro atoms. The summed E-state index contributed by atoms with van der Waals surface area (Å²) in [7, 11) is 6.28. The summed E-state index contributed by atoms with van der Waals surface area (Å²) >= 11 is 1.41. The second kappa shape index (κ2) is 9.13. The van der Waals surface area contributed by atoms with Gasteiger partial charge in [0.2, 0.25) is 5.75 Å². The molecule has 3 rings (SSSR count). The zero-order valence-corrected chi connectivity index (χ0v) is 17.4. The molecule has 0 aliphatic carbocycles. The first kappa shape index (κ1) is 20.2.